The molecule has 1 aliphatic rings. The molecule has 1 fully saturated rings. The van der Waals surface area contributed by atoms with Crippen LogP contribution in [0, 0.1) is 0 Å². The smallest absolute Gasteiger partial charge is 0.339 e. The molecule has 4 rings (SSSR count). The fourth-order valence-corrected chi connectivity index (χ4v) is 3.29. The van der Waals surface area contributed by atoms with Crippen molar-refractivity contribution in [3.8, 4) is 11.4 Å². The molecular formula is C17H13F3N4O2S. The summed E-state index contributed by atoms with van der Waals surface area (Å²) in [6, 6.07) is 8.19. The van der Waals surface area contributed by atoms with Gasteiger partial charge in [0.2, 0.25) is 11.7 Å². The predicted molar refractivity (Wildman–Crippen MR) is 92.4 cm³/mol. The minimum atomic E-state index is -4.44. The highest BCUT2D eigenvalue weighted by atomic mass is 32.1. The van der Waals surface area contributed by atoms with Crippen LogP contribution in [0.3, 0.4) is 0 Å². The van der Waals surface area contributed by atoms with E-state index in [1.54, 1.807) is 11.0 Å². The Morgan fingerprint density at radius 3 is 2.78 bits per heavy atom. The number of anilines is 1. The van der Waals surface area contributed by atoms with Crippen molar-refractivity contribution in [2.24, 2.45) is 0 Å². The first kappa shape index (κ1) is 17.5. The molecule has 0 atom stereocenters. The summed E-state index contributed by atoms with van der Waals surface area (Å²) in [6.45, 7) is 0.808. The van der Waals surface area contributed by atoms with Gasteiger partial charge in [-0.05, 0) is 29.6 Å². The third-order valence-corrected chi connectivity index (χ3v) is 4.94. The third kappa shape index (κ3) is 3.65. The van der Waals surface area contributed by atoms with Crippen molar-refractivity contribution < 1.29 is 22.5 Å². The second-order valence-corrected chi connectivity index (χ2v) is 6.99. The molecule has 140 valence electrons. The second-order valence-electron chi connectivity index (χ2n) is 6.04. The monoisotopic (exact) mass is 394 g/mol. The normalized spacial score (nSPS) is 14.9. The maximum atomic E-state index is 12.8. The Hall–Kier alpha value is -2.88. The van der Waals surface area contributed by atoms with Gasteiger partial charge in [0.25, 0.3) is 0 Å². The zero-order valence-electron chi connectivity index (χ0n) is 13.7. The Labute approximate surface area is 155 Å². The lowest BCUT2D eigenvalue weighted by molar-refractivity contribution is -0.137. The molecule has 1 N–H and O–H groups in total. The average molecular weight is 394 g/mol. The molecule has 0 radical (unpaired) electrons. The number of hydrogen-bond acceptors (Lipinski definition) is 5. The summed E-state index contributed by atoms with van der Waals surface area (Å²) in [5, 5.41) is 9.17. The first-order valence-electron chi connectivity index (χ1n) is 8.01. The first-order chi connectivity index (χ1) is 12.9. The van der Waals surface area contributed by atoms with Crippen molar-refractivity contribution >= 4 is 22.4 Å². The lowest BCUT2D eigenvalue weighted by atomic mass is 10.0. The van der Waals surface area contributed by atoms with Crippen LogP contribution in [0.2, 0.25) is 0 Å². The number of benzene rings is 1. The van der Waals surface area contributed by atoms with E-state index in [0.717, 1.165) is 17.1 Å². The van der Waals surface area contributed by atoms with Gasteiger partial charge >= 0.3 is 12.2 Å². The Balaban J connectivity index is 1.40. The number of urea groups is 1. The lowest BCUT2D eigenvalue weighted by Crippen LogP contribution is -2.50. The maximum absolute atomic E-state index is 12.8. The number of hydrogen-bond donors (Lipinski definition) is 1. The summed E-state index contributed by atoms with van der Waals surface area (Å²) in [4.78, 5) is 17.9. The largest absolute Gasteiger partial charge is 0.416 e. The number of rotatable bonds is 3. The molecule has 0 bridgehead atoms. The zero-order chi connectivity index (χ0) is 19.0. The third-order valence-electron chi connectivity index (χ3n) is 4.16. The minimum Gasteiger partial charge on any atom is -0.339 e. The molecule has 0 saturated carbocycles. The molecule has 1 saturated heterocycles. The van der Waals surface area contributed by atoms with E-state index < -0.39 is 11.7 Å². The van der Waals surface area contributed by atoms with Crippen LogP contribution < -0.4 is 5.32 Å². The quantitative estimate of drug-likeness (QED) is 0.713. The van der Waals surface area contributed by atoms with Gasteiger partial charge < -0.3 is 9.42 Å². The van der Waals surface area contributed by atoms with Crippen molar-refractivity contribution in [2.75, 3.05) is 18.4 Å². The summed E-state index contributed by atoms with van der Waals surface area (Å²) in [5.41, 5.74) is -0.544. The Morgan fingerprint density at radius 1 is 1.26 bits per heavy atom. The van der Waals surface area contributed by atoms with Gasteiger partial charge in [-0.15, -0.1) is 11.3 Å². The molecule has 0 spiro atoms. The van der Waals surface area contributed by atoms with E-state index in [0.29, 0.717) is 19.0 Å². The number of thiophene rings is 1. The molecule has 1 aromatic carbocycles. The van der Waals surface area contributed by atoms with E-state index in [-0.39, 0.29) is 23.3 Å². The van der Waals surface area contributed by atoms with Gasteiger partial charge in [-0.2, -0.15) is 18.2 Å². The topological polar surface area (TPSA) is 71.3 Å². The molecule has 0 aliphatic carbocycles. The second kappa shape index (κ2) is 6.69. The summed E-state index contributed by atoms with van der Waals surface area (Å²) in [5.74, 6) is 0.270. The predicted octanol–water partition coefficient (Wildman–Crippen LogP) is 4.45. The summed E-state index contributed by atoms with van der Waals surface area (Å²) >= 11 is 1.42. The molecule has 2 amide bonds. The molecule has 27 heavy (non-hydrogen) atoms. The molecule has 6 nitrogen and oxygen atoms in total. The summed E-state index contributed by atoms with van der Waals surface area (Å²) < 4.78 is 43.7. The first-order valence-corrected chi connectivity index (χ1v) is 8.89. The number of carbonyl (C=O) groups excluding carboxylic acids is 1. The SMILES string of the molecule is O=C(Nc1cccs1)N1CC(c2nc(-c3cccc(C(F)(F)F)c3)no2)C1. The van der Waals surface area contributed by atoms with Gasteiger partial charge in [-0.3, -0.25) is 5.32 Å². The average Bonchev–Trinajstić information content (AvgIpc) is 3.25. The standard InChI is InChI=1S/C17H13F3N4O2S/c18-17(19,20)12-4-1-3-10(7-12)14-22-15(26-23-14)11-8-24(9-11)16(25)21-13-5-2-6-27-13/h1-7,11H,8-9H2,(H,21,25). The van der Waals surface area contributed by atoms with E-state index in [9.17, 15) is 18.0 Å². The molecule has 10 heteroatoms. The Bertz CT molecular complexity index is 949. The highest BCUT2D eigenvalue weighted by molar-refractivity contribution is 7.14. The van der Waals surface area contributed by atoms with Crippen LogP contribution in [0.1, 0.15) is 17.4 Å². The minimum absolute atomic E-state index is 0.0950. The number of aromatic nitrogens is 2. The maximum Gasteiger partial charge on any atom is 0.416 e. The van der Waals surface area contributed by atoms with Gasteiger partial charge in [0.15, 0.2) is 0 Å². The lowest BCUT2D eigenvalue weighted by Gasteiger charge is -2.36. The van der Waals surface area contributed by atoms with Crippen LogP contribution in [-0.2, 0) is 6.18 Å². The van der Waals surface area contributed by atoms with Crippen molar-refractivity contribution in [2.45, 2.75) is 12.1 Å². The Morgan fingerprint density at radius 2 is 2.07 bits per heavy atom. The molecule has 3 heterocycles. The fraction of sp³-hybridized carbons (Fsp3) is 0.235. The van der Waals surface area contributed by atoms with Gasteiger partial charge in [0.05, 0.1) is 16.5 Å². The van der Waals surface area contributed by atoms with E-state index in [1.165, 1.54) is 23.5 Å². The number of nitrogens with one attached hydrogen (secondary N) is 1. The summed E-state index contributed by atoms with van der Waals surface area (Å²) in [6.07, 6.45) is -4.44. The van der Waals surface area contributed by atoms with Crippen LogP contribution in [-0.4, -0.2) is 34.2 Å². The number of alkyl halides is 3. The molecular weight excluding hydrogens is 381 g/mol. The van der Waals surface area contributed by atoms with E-state index >= 15 is 0 Å². The van der Waals surface area contributed by atoms with Crippen LogP contribution >= 0.6 is 11.3 Å². The van der Waals surface area contributed by atoms with Crippen molar-refractivity contribution in [3.05, 3.63) is 53.2 Å². The van der Waals surface area contributed by atoms with Crippen LogP contribution in [0.15, 0.2) is 46.3 Å². The van der Waals surface area contributed by atoms with E-state index in [1.807, 2.05) is 11.4 Å². The van der Waals surface area contributed by atoms with Crippen LogP contribution in [0.4, 0.5) is 23.0 Å². The van der Waals surface area contributed by atoms with Crippen molar-refractivity contribution in [1.82, 2.24) is 15.0 Å². The number of halogens is 3. The number of nitrogens with zero attached hydrogens (tertiary/aromatic N) is 3. The van der Waals surface area contributed by atoms with E-state index in [4.69, 9.17) is 4.52 Å². The Kier molecular flexibility index (Phi) is 4.34. The number of carbonyl (C=O) groups is 1. The number of amides is 2. The van der Waals surface area contributed by atoms with Gasteiger partial charge in [0, 0.05) is 18.7 Å². The highest BCUT2D eigenvalue weighted by Crippen LogP contribution is 2.32. The van der Waals surface area contributed by atoms with Crippen LogP contribution in [0.5, 0.6) is 0 Å². The van der Waals surface area contributed by atoms with Gasteiger partial charge in [-0.25, -0.2) is 4.79 Å². The van der Waals surface area contributed by atoms with Gasteiger partial charge in [0.1, 0.15) is 0 Å². The van der Waals surface area contributed by atoms with E-state index in [2.05, 4.69) is 15.5 Å². The molecule has 3 aromatic rings. The zero-order valence-corrected chi connectivity index (χ0v) is 14.5. The molecule has 1 aliphatic heterocycles. The van der Waals surface area contributed by atoms with Crippen molar-refractivity contribution in [1.29, 1.82) is 0 Å². The van der Waals surface area contributed by atoms with Crippen LogP contribution in [0.25, 0.3) is 11.4 Å². The molecule has 2 aromatic heterocycles. The van der Waals surface area contributed by atoms with Crippen molar-refractivity contribution in [3.63, 3.8) is 0 Å². The fourth-order valence-electron chi connectivity index (χ4n) is 2.69. The summed E-state index contributed by atoms with van der Waals surface area (Å²) in [7, 11) is 0. The molecule has 0 unspecified atom stereocenters. The number of likely N-dealkylation sites (tertiary alicyclic amines) is 1. The van der Waals surface area contributed by atoms with Gasteiger partial charge in [-0.1, -0.05) is 17.3 Å². The highest BCUT2D eigenvalue weighted by Gasteiger charge is 2.36.